The molecule has 0 amide bonds. The van der Waals surface area contributed by atoms with Crippen molar-refractivity contribution in [2.45, 2.75) is 20.4 Å². The minimum Gasteiger partial charge on any atom is -0.311 e. The molecule has 2 heterocycles. The first-order chi connectivity index (χ1) is 10.2. The van der Waals surface area contributed by atoms with E-state index in [4.69, 9.17) is 11.6 Å². The quantitative estimate of drug-likeness (QED) is 0.782. The molecule has 0 saturated heterocycles. The Kier molecular flexibility index (Phi) is 4.14. The van der Waals surface area contributed by atoms with Crippen molar-refractivity contribution in [1.29, 1.82) is 0 Å². The highest BCUT2D eigenvalue weighted by Gasteiger charge is 2.16. The zero-order valence-electron chi connectivity index (χ0n) is 11.7. The monoisotopic (exact) mass is 322 g/mol. The fourth-order valence-electron chi connectivity index (χ4n) is 2.07. The first-order valence-corrected chi connectivity index (χ1v) is 7.79. The van der Waals surface area contributed by atoms with Crippen LogP contribution in [0.2, 0.25) is 5.02 Å². The molecular formula is C13H15ClN6S. The molecule has 2 aromatic heterocycles. The van der Waals surface area contributed by atoms with Crippen LogP contribution in [0, 0.1) is 5.92 Å². The average Bonchev–Trinajstić information content (AvgIpc) is 3.07. The molecule has 21 heavy (non-hydrogen) atoms. The van der Waals surface area contributed by atoms with E-state index in [1.165, 1.54) is 0 Å². The average molecular weight is 323 g/mol. The van der Waals surface area contributed by atoms with E-state index in [1.807, 2.05) is 12.1 Å². The van der Waals surface area contributed by atoms with E-state index in [9.17, 15) is 0 Å². The van der Waals surface area contributed by atoms with Crippen LogP contribution in [-0.2, 0) is 6.54 Å². The maximum atomic E-state index is 6.34. The van der Waals surface area contributed by atoms with Crippen LogP contribution >= 0.6 is 23.3 Å². The molecule has 0 fully saturated rings. The van der Waals surface area contributed by atoms with Crippen molar-refractivity contribution in [2.75, 3.05) is 6.54 Å². The predicted octanol–water partition coefficient (Wildman–Crippen LogP) is 2.67. The van der Waals surface area contributed by atoms with E-state index in [2.05, 4.69) is 38.2 Å². The Balaban J connectivity index is 1.98. The number of rotatable bonds is 5. The number of fused-ring (bicyclic) bond motifs is 1. The van der Waals surface area contributed by atoms with Crippen LogP contribution < -0.4 is 5.32 Å². The number of hydrogen-bond acceptors (Lipinski definition) is 6. The van der Waals surface area contributed by atoms with Gasteiger partial charge in [0.25, 0.3) is 0 Å². The van der Waals surface area contributed by atoms with Crippen LogP contribution in [-0.4, -0.2) is 30.3 Å². The summed E-state index contributed by atoms with van der Waals surface area (Å²) in [5.74, 6) is 0.587. The lowest BCUT2D eigenvalue weighted by Crippen LogP contribution is -2.21. The van der Waals surface area contributed by atoms with E-state index in [0.717, 1.165) is 40.7 Å². The first-order valence-electron chi connectivity index (χ1n) is 6.68. The zero-order valence-corrected chi connectivity index (χ0v) is 13.3. The van der Waals surface area contributed by atoms with Crippen molar-refractivity contribution < 1.29 is 0 Å². The van der Waals surface area contributed by atoms with Gasteiger partial charge in [-0.2, -0.15) is 8.75 Å². The molecule has 0 aliphatic rings. The summed E-state index contributed by atoms with van der Waals surface area (Å²) in [7, 11) is 0. The molecule has 0 aliphatic carbocycles. The highest BCUT2D eigenvalue weighted by molar-refractivity contribution is 7.00. The maximum Gasteiger partial charge on any atom is 0.132 e. The first kappa shape index (κ1) is 14.4. The molecule has 0 bridgehead atoms. The summed E-state index contributed by atoms with van der Waals surface area (Å²) < 4.78 is 10.3. The summed E-state index contributed by atoms with van der Waals surface area (Å²) in [6.45, 7) is 5.94. The van der Waals surface area contributed by atoms with Crippen molar-refractivity contribution in [3.8, 4) is 5.69 Å². The minimum absolute atomic E-state index is 0.587. The lowest BCUT2D eigenvalue weighted by molar-refractivity contribution is 0.542. The topological polar surface area (TPSA) is 68.5 Å². The van der Waals surface area contributed by atoms with Crippen LogP contribution in [0.3, 0.4) is 0 Å². The van der Waals surface area contributed by atoms with Gasteiger partial charge in [-0.05, 0) is 24.6 Å². The van der Waals surface area contributed by atoms with Gasteiger partial charge in [-0.15, -0.1) is 5.10 Å². The highest BCUT2D eigenvalue weighted by Crippen LogP contribution is 2.28. The lowest BCUT2D eigenvalue weighted by atomic mass is 10.2. The van der Waals surface area contributed by atoms with Gasteiger partial charge in [0.05, 0.1) is 28.6 Å². The Bertz CT molecular complexity index is 750. The summed E-state index contributed by atoms with van der Waals surface area (Å²) in [4.78, 5) is 0. The predicted molar refractivity (Wildman–Crippen MR) is 83.9 cm³/mol. The Labute approximate surface area is 131 Å². The molecule has 0 radical (unpaired) electrons. The number of aromatic nitrogens is 5. The number of nitrogens with zero attached hydrogens (tertiary/aromatic N) is 5. The number of nitrogens with one attached hydrogen (secondary N) is 1. The molecule has 1 N–H and O–H groups in total. The summed E-state index contributed by atoms with van der Waals surface area (Å²) in [5.41, 5.74) is 3.25. The maximum absolute atomic E-state index is 6.34. The third-order valence-electron chi connectivity index (χ3n) is 3.04. The lowest BCUT2D eigenvalue weighted by Gasteiger charge is -2.10. The standard InChI is InChI=1S/C13H15ClN6S/c1-8(2)5-15-6-9-7-16-19-20(9)13-10(14)3-4-11-12(13)18-21-17-11/h3-4,7-8,15H,5-6H2,1-2H3. The number of benzene rings is 1. The third kappa shape index (κ3) is 2.90. The van der Waals surface area contributed by atoms with Crippen LogP contribution in [0.15, 0.2) is 18.3 Å². The van der Waals surface area contributed by atoms with Crippen LogP contribution in [0.1, 0.15) is 19.5 Å². The fourth-order valence-corrected chi connectivity index (χ4v) is 2.84. The second-order valence-electron chi connectivity index (χ2n) is 5.19. The van der Waals surface area contributed by atoms with Gasteiger partial charge in [0.2, 0.25) is 0 Å². The summed E-state index contributed by atoms with van der Waals surface area (Å²) >= 11 is 7.50. The van der Waals surface area contributed by atoms with Crippen molar-refractivity contribution >= 4 is 34.4 Å². The SMILES string of the molecule is CC(C)CNCc1cnnn1-c1c(Cl)ccc2nsnc12. The van der Waals surface area contributed by atoms with Gasteiger partial charge in [0.15, 0.2) is 0 Å². The van der Waals surface area contributed by atoms with Crippen molar-refractivity contribution in [1.82, 2.24) is 29.1 Å². The molecule has 6 nitrogen and oxygen atoms in total. The molecule has 0 saturated carbocycles. The van der Waals surface area contributed by atoms with E-state index >= 15 is 0 Å². The Morgan fingerprint density at radius 1 is 1.33 bits per heavy atom. The second-order valence-corrected chi connectivity index (χ2v) is 6.13. The van der Waals surface area contributed by atoms with Crippen molar-refractivity contribution in [3.05, 3.63) is 29.0 Å². The molecule has 110 valence electrons. The van der Waals surface area contributed by atoms with Crippen LogP contribution in [0.5, 0.6) is 0 Å². The van der Waals surface area contributed by atoms with Gasteiger partial charge in [-0.3, -0.25) is 0 Å². The molecule has 0 unspecified atom stereocenters. The van der Waals surface area contributed by atoms with E-state index in [-0.39, 0.29) is 0 Å². The van der Waals surface area contributed by atoms with Crippen molar-refractivity contribution in [2.24, 2.45) is 5.92 Å². The van der Waals surface area contributed by atoms with E-state index < -0.39 is 0 Å². The van der Waals surface area contributed by atoms with Crippen molar-refractivity contribution in [3.63, 3.8) is 0 Å². The number of halogens is 1. The molecule has 3 aromatic rings. The smallest absolute Gasteiger partial charge is 0.132 e. The number of hydrogen-bond donors (Lipinski definition) is 1. The highest BCUT2D eigenvalue weighted by atomic mass is 35.5. The normalized spacial score (nSPS) is 11.6. The Morgan fingerprint density at radius 2 is 2.19 bits per heavy atom. The van der Waals surface area contributed by atoms with Gasteiger partial charge in [0, 0.05) is 6.54 Å². The van der Waals surface area contributed by atoms with Gasteiger partial charge < -0.3 is 5.32 Å². The van der Waals surface area contributed by atoms with E-state index in [0.29, 0.717) is 17.5 Å². The van der Waals surface area contributed by atoms with Gasteiger partial charge >= 0.3 is 0 Å². The molecule has 1 aromatic carbocycles. The Hall–Kier alpha value is -1.57. The van der Waals surface area contributed by atoms with E-state index in [1.54, 1.807) is 10.9 Å². The molecule has 0 spiro atoms. The largest absolute Gasteiger partial charge is 0.311 e. The van der Waals surface area contributed by atoms with Crippen LogP contribution in [0.25, 0.3) is 16.7 Å². The molecular weight excluding hydrogens is 308 g/mol. The zero-order chi connectivity index (χ0) is 14.8. The molecule has 0 aliphatic heterocycles. The van der Waals surface area contributed by atoms with Gasteiger partial charge in [-0.25, -0.2) is 4.68 Å². The third-order valence-corrected chi connectivity index (χ3v) is 3.89. The molecule has 0 atom stereocenters. The minimum atomic E-state index is 0.587. The van der Waals surface area contributed by atoms with Crippen LogP contribution in [0.4, 0.5) is 0 Å². The summed E-state index contributed by atoms with van der Waals surface area (Å²) in [6, 6.07) is 3.67. The fraction of sp³-hybridized carbons (Fsp3) is 0.385. The van der Waals surface area contributed by atoms with Gasteiger partial charge in [-0.1, -0.05) is 30.7 Å². The van der Waals surface area contributed by atoms with Gasteiger partial charge in [0.1, 0.15) is 16.7 Å². The second kappa shape index (κ2) is 6.05. The summed E-state index contributed by atoms with van der Waals surface area (Å²) in [5, 5.41) is 12.1. The summed E-state index contributed by atoms with van der Waals surface area (Å²) in [6.07, 6.45) is 1.74. The molecule has 8 heteroatoms. The molecule has 3 rings (SSSR count). The Morgan fingerprint density at radius 3 is 3.00 bits per heavy atom.